The first-order valence-corrected chi connectivity index (χ1v) is 18.4. The van der Waals surface area contributed by atoms with Gasteiger partial charge in [-0.25, -0.2) is 22.8 Å². The second kappa shape index (κ2) is 19.2. The number of hydrogen-bond donors (Lipinski definition) is 0. The molecule has 45 heavy (non-hydrogen) atoms. The number of hydrogen-bond acceptors (Lipinski definition) is 11. The molecule has 2 aromatic carbocycles. The van der Waals surface area contributed by atoms with Crippen LogP contribution in [0.3, 0.4) is 0 Å². The third-order valence-corrected chi connectivity index (χ3v) is 8.88. The van der Waals surface area contributed by atoms with Gasteiger partial charge >= 0.3 is 20.0 Å². The third kappa shape index (κ3) is 13.4. The van der Waals surface area contributed by atoms with Gasteiger partial charge in [0.2, 0.25) is 0 Å². The van der Waals surface area contributed by atoms with Crippen LogP contribution in [0.15, 0.2) is 47.4 Å². The maximum absolute atomic E-state index is 12.4. The second-order valence-corrected chi connectivity index (χ2v) is 14.3. The predicted molar refractivity (Wildman–Crippen MR) is 179 cm³/mol. The van der Waals surface area contributed by atoms with Crippen molar-refractivity contribution < 1.29 is 41.9 Å². The molecule has 0 bridgehead atoms. The highest BCUT2D eigenvalue weighted by Crippen LogP contribution is 2.49. The topological polar surface area (TPSA) is 113 Å². The summed E-state index contributed by atoms with van der Waals surface area (Å²) in [4.78, 5) is 25.3. The van der Waals surface area contributed by atoms with E-state index >= 15 is 0 Å². The average molecular weight is 687 g/mol. The highest BCUT2D eigenvalue weighted by atomic mass is 32.2. The number of benzene rings is 2. The fraction of sp³-hybridized carbons (Fsp3) is 0.548. The van der Waals surface area contributed by atoms with Crippen LogP contribution in [0.1, 0.15) is 65.9 Å². The molecule has 2 amide bonds. The number of carbonyl (C=O) groups is 2. The number of nitrogens with zero attached hydrogens (tertiary/aromatic N) is 2. The van der Waals surface area contributed by atoms with Gasteiger partial charge in [-0.1, -0.05) is 39.3 Å². The van der Waals surface area contributed by atoms with Crippen LogP contribution < -0.4 is 14.0 Å². The maximum Gasteiger partial charge on any atom is 0.530 e. The highest BCUT2D eigenvalue weighted by molar-refractivity contribution is 7.98. The monoisotopic (exact) mass is 686 g/mol. The minimum atomic E-state index is -3.50. The molecule has 1 aliphatic rings. The molecule has 14 heteroatoms. The van der Waals surface area contributed by atoms with Crippen LogP contribution >= 0.6 is 31.7 Å². The van der Waals surface area contributed by atoms with Crippen molar-refractivity contribution >= 4 is 43.9 Å². The Kier molecular flexibility index (Phi) is 16.5. The van der Waals surface area contributed by atoms with Crippen molar-refractivity contribution in [3.8, 4) is 17.2 Å². The average Bonchev–Trinajstić information content (AvgIpc) is 3.34. The summed E-state index contributed by atoms with van der Waals surface area (Å²) in [5.74, 6) is 1.46. The molecule has 1 heterocycles. The molecule has 1 aliphatic heterocycles. The van der Waals surface area contributed by atoms with Gasteiger partial charge in [-0.15, -0.1) is 11.8 Å². The summed E-state index contributed by atoms with van der Waals surface area (Å²) in [6, 6.07) is 12.8. The molecule has 0 fully saturated rings. The first-order valence-electron chi connectivity index (χ1n) is 14.9. The molecule has 3 rings (SSSR count). The van der Waals surface area contributed by atoms with E-state index in [9.17, 15) is 14.2 Å². The Morgan fingerprint density at radius 1 is 0.911 bits per heavy atom. The number of amides is 2. The van der Waals surface area contributed by atoms with E-state index in [2.05, 4.69) is 0 Å². The third-order valence-electron chi connectivity index (χ3n) is 5.92. The number of phosphoric acid groups is 1. The van der Waals surface area contributed by atoms with Gasteiger partial charge in [0.15, 0.2) is 11.5 Å². The van der Waals surface area contributed by atoms with Crippen molar-refractivity contribution in [3.63, 3.8) is 0 Å². The summed E-state index contributed by atoms with van der Waals surface area (Å²) < 4.78 is 47.2. The van der Waals surface area contributed by atoms with E-state index in [1.807, 2.05) is 65.1 Å². The van der Waals surface area contributed by atoms with Crippen molar-refractivity contribution in [1.29, 1.82) is 0 Å². The fourth-order valence-corrected chi connectivity index (χ4v) is 6.10. The Balaban J connectivity index is 0.000000330. The number of ether oxygens (including phenoxy) is 3. The quantitative estimate of drug-likeness (QED) is 0.0774. The molecule has 252 valence electrons. The number of fused-ring (bicyclic) bond motifs is 1. The van der Waals surface area contributed by atoms with E-state index in [4.69, 9.17) is 27.8 Å². The molecule has 11 nitrogen and oxygen atoms in total. The van der Waals surface area contributed by atoms with Gasteiger partial charge in [0.25, 0.3) is 0 Å². The Bertz CT molecular complexity index is 1250. The van der Waals surface area contributed by atoms with Crippen LogP contribution in [0.5, 0.6) is 17.2 Å². The Hall–Kier alpha value is -2.57. The SMILES string of the molecule is CCCCOC(=O)N(C)SN(C)C(=O)Oc1cccc2c1OC(C)(C)C2.CCCOP(=O)(OCCC)Oc1ccc(SC)cc1. The van der Waals surface area contributed by atoms with Gasteiger partial charge in [-0.3, -0.25) is 9.05 Å². The van der Waals surface area contributed by atoms with Crippen molar-refractivity contribution in [3.05, 3.63) is 48.0 Å². The van der Waals surface area contributed by atoms with Crippen molar-refractivity contribution in [1.82, 2.24) is 8.61 Å². The summed E-state index contributed by atoms with van der Waals surface area (Å²) >= 11 is 2.54. The Morgan fingerprint density at radius 3 is 2.11 bits per heavy atom. The lowest BCUT2D eigenvalue weighted by Crippen LogP contribution is -2.31. The molecule has 0 saturated heterocycles. The Morgan fingerprint density at radius 2 is 1.53 bits per heavy atom. The smallest absolute Gasteiger partial charge is 0.483 e. The number of phosphoric ester groups is 1. The minimum Gasteiger partial charge on any atom is -0.483 e. The van der Waals surface area contributed by atoms with E-state index < -0.39 is 20.0 Å². The molecule has 0 saturated carbocycles. The van der Waals surface area contributed by atoms with E-state index in [1.54, 1.807) is 30.0 Å². The summed E-state index contributed by atoms with van der Waals surface area (Å²) in [5, 5.41) is 0. The zero-order chi connectivity index (χ0) is 33.5. The van der Waals surface area contributed by atoms with Gasteiger partial charge in [0.05, 0.1) is 32.0 Å². The standard InChI is InChI=1S/C18H26N2O5S.C13H21O4PS/c1-6-7-11-23-16(21)19(4)26-20(5)17(22)24-14-10-8-9-13-12-18(2,3)25-15(13)14;1-4-10-15-18(14,16-11-5-2)17-12-6-8-13(19-3)9-7-12/h8-10H,6-7,11-12H2,1-5H3;6-9H,4-5,10-11H2,1-3H3. The number of rotatable bonds is 15. The lowest BCUT2D eigenvalue weighted by Gasteiger charge is -2.22. The van der Waals surface area contributed by atoms with Crippen LogP contribution in [0.25, 0.3) is 0 Å². The summed E-state index contributed by atoms with van der Waals surface area (Å²) in [7, 11) is -0.444. The second-order valence-electron chi connectivity index (χ2n) is 10.6. The summed E-state index contributed by atoms with van der Waals surface area (Å²) in [5.41, 5.74) is 0.681. The number of unbranched alkanes of at least 4 members (excludes halogenated alkanes) is 1. The van der Waals surface area contributed by atoms with E-state index in [0.717, 1.165) is 54.7 Å². The minimum absolute atomic E-state index is 0.325. The molecular formula is C31H47N2O9PS2. The molecule has 0 aromatic heterocycles. The maximum atomic E-state index is 12.4. The zero-order valence-corrected chi connectivity index (χ0v) is 30.1. The molecule has 0 N–H and O–H groups in total. The first-order chi connectivity index (χ1) is 21.4. The lowest BCUT2D eigenvalue weighted by molar-refractivity contribution is 0.129. The zero-order valence-electron chi connectivity index (χ0n) is 27.5. The normalized spacial score (nSPS) is 13.1. The van der Waals surface area contributed by atoms with Gasteiger partial charge in [0, 0.05) is 31.0 Å². The van der Waals surface area contributed by atoms with Gasteiger partial charge in [-0.05, 0) is 69.7 Å². The van der Waals surface area contributed by atoms with Crippen LogP contribution in [-0.4, -0.2) is 66.6 Å². The number of carbonyl (C=O) groups excluding carboxylic acids is 2. The van der Waals surface area contributed by atoms with Crippen LogP contribution in [-0.2, 0) is 24.8 Å². The molecule has 0 atom stereocenters. The molecule has 2 aromatic rings. The van der Waals surface area contributed by atoms with Crippen LogP contribution in [0, 0.1) is 0 Å². The lowest BCUT2D eigenvalue weighted by atomic mass is 10.0. The molecule has 0 radical (unpaired) electrons. The molecular weight excluding hydrogens is 639 g/mol. The van der Waals surface area contributed by atoms with Crippen LogP contribution in [0.4, 0.5) is 9.59 Å². The number of para-hydroxylation sites is 1. The number of thioether (sulfide) groups is 1. The van der Waals surface area contributed by atoms with E-state index in [1.165, 1.54) is 22.7 Å². The van der Waals surface area contributed by atoms with Gasteiger partial charge in [-0.2, -0.15) is 0 Å². The Labute approximate surface area is 276 Å². The molecule has 0 unspecified atom stereocenters. The van der Waals surface area contributed by atoms with Crippen molar-refractivity contribution in [2.45, 2.75) is 77.2 Å². The van der Waals surface area contributed by atoms with Gasteiger partial charge < -0.3 is 18.7 Å². The fourth-order valence-electron chi connectivity index (χ4n) is 3.73. The van der Waals surface area contributed by atoms with E-state index in [-0.39, 0.29) is 5.60 Å². The predicted octanol–water partition coefficient (Wildman–Crippen LogP) is 9.01. The van der Waals surface area contributed by atoms with Crippen LogP contribution in [0.2, 0.25) is 0 Å². The molecule has 0 aliphatic carbocycles. The highest BCUT2D eigenvalue weighted by Gasteiger charge is 2.33. The van der Waals surface area contributed by atoms with E-state index in [0.29, 0.717) is 37.1 Å². The largest absolute Gasteiger partial charge is 0.530 e. The van der Waals surface area contributed by atoms with Gasteiger partial charge in [0.1, 0.15) is 11.4 Å². The molecule has 0 spiro atoms. The summed E-state index contributed by atoms with van der Waals surface area (Å²) in [6.07, 6.45) is 4.90. The van der Waals surface area contributed by atoms with Crippen molar-refractivity contribution in [2.24, 2.45) is 0 Å². The van der Waals surface area contributed by atoms with Crippen molar-refractivity contribution in [2.75, 3.05) is 40.2 Å². The first kappa shape index (κ1) is 38.6. The summed E-state index contributed by atoms with van der Waals surface area (Å²) in [6.45, 7) is 10.9.